The average Bonchev–Trinajstić information content (AvgIpc) is 3.32. The number of carbonyl (C=O) groups excluding carboxylic acids is 3. The van der Waals surface area contributed by atoms with E-state index < -0.39 is 6.10 Å². The fourth-order valence-corrected chi connectivity index (χ4v) is 9.16. The lowest BCUT2D eigenvalue weighted by atomic mass is 9.99. The number of rotatable bonds is 54. The van der Waals surface area contributed by atoms with Crippen LogP contribution in [0.15, 0.2) is 0 Å². The van der Waals surface area contributed by atoms with Gasteiger partial charge in [-0.05, 0) is 31.1 Å². The van der Waals surface area contributed by atoms with Crippen LogP contribution >= 0.6 is 0 Å². The second-order valence-electron chi connectivity index (χ2n) is 21.1. The van der Waals surface area contributed by atoms with Crippen LogP contribution in [0.5, 0.6) is 0 Å². The molecule has 2 unspecified atom stereocenters. The Morgan fingerprint density at radius 3 is 0.788 bits per heavy atom. The van der Waals surface area contributed by atoms with Crippen molar-refractivity contribution in [2.75, 3.05) is 13.2 Å². The quantitative estimate of drug-likeness (QED) is 0.0343. The molecule has 0 heterocycles. The van der Waals surface area contributed by atoms with Crippen LogP contribution in [0.2, 0.25) is 0 Å². The van der Waals surface area contributed by atoms with Gasteiger partial charge in [-0.2, -0.15) is 0 Å². The van der Waals surface area contributed by atoms with Crippen molar-refractivity contribution >= 4 is 17.9 Å². The van der Waals surface area contributed by atoms with Gasteiger partial charge in [0, 0.05) is 19.3 Å². The SMILES string of the molecule is CCCCCCCCCCCCCCCCC(=O)OC[C@@H](COC(=O)CCCCCCCCCCC(C)CC)OC(=O)CCCCCCCCCCCCCCCCCCCCC(C)CC. The van der Waals surface area contributed by atoms with Crippen LogP contribution in [-0.4, -0.2) is 37.2 Å². The summed E-state index contributed by atoms with van der Waals surface area (Å²) >= 11 is 0. The van der Waals surface area contributed by atoms with E-state index in [1.54, 1.807) is 0 Å². The zero-order chi connectivity index (χ0) is 48.2. The maximum Gasteiger partial charge on any atom is 0.306 e. The second-order valence-corrected chi connectivity index (χ2v) is 21.1. The molecule has 392 valence electrons. The molecule has 0 aliphatic carbocycles. The molecule has 0 aliphatic heterocycles. The van der Waals surface area contributed by atoms with Crippen LogP contribution in [0.4, 0.5) is 0 Å². The average molecular weight is 934 g/mol. The van der Waals surface area contributed by atoms with Gasteiger partial charge >= 0.3 is 17.9 Å². The van der Waals surface area contributed by atoms with Gasteiger partial charge in [0.15, 0.2) is 6.10 Å². The molecular weight excluding hydrogens is 817 g/mol. The summed E-state index contributed by atoms with van der Waals surface area (Å²) in [6, 6.07) is 0. The molecule has 0 aromatic heterocycles. The molecule has 6 heteroatoms. The van der Waals surface area contributed by atoms with Crippen molar-refractivity contribution in [3.63, 3.8) is 0 Å². The third-order valence-electron chi connectivity index (χ3n) is 14.4. The van der Waals surface area contributed by atoms with E-state index in [9.17, 15) is 14.4 Å². The highest BCUT2D eigenvalue weighted by Gasteiger charge is 2.19. The molecule has 0 aromatic rings. The highest BCUT2D eigenvalue weighted by Crippen LogP contribution is 2.19. The molecule has 0 aromatic carbocycles. The minimum absolute atomic E-state index is 0.0629. The summed E-state index contributed by atoms with van der Waals surface area (Å²) in [6.45, 7) is 11.5. The molecule has 0 fully saturated rings. The summed E-state index contributed by atoms with van der Waals surface area (Å²) in [6.07, 6.45) is 56.6. The highest BCUT2D eigenvalue weighted by atomic mass is 16.6. The molecule has 0 saturated carbocycles. The molecule has 6 nitrogen and oxygen atoms in total. The first-order valence-corrected chi connectivity index (χ1v) is 29.8. The van der Waals surface area contributed by atoms with Crippen LogP contribution in [0.25, 0.3) is 0 Å². The summed E-state index contributed by atoms with van der Waals surface area (Å²) in [5.74, 6) is 0.917. The van der Waals surface area contributed by atoms with Crippen molar-refractivity contribution in [2.24, 2.45) is 11.8 Å². The molecule has 3 atom stereocenters. The molecule has 0 amide bonds. The zero-order valence-corrected chi connectivity index (χ0v) is 45.3. The Balaban J connectivity index is 4.24. The van der Waals surface area contributed by atoms with Crippen molar-refractivity contribution < 1.29 is 28.6 Å². The Bertz CT molecular complexity index is 1010. The predicted octanol–water partition coefficient (Wildman–Crippen LogP) is 19.7. The predicted molar refractivity (Wildman–Crippen MR) is 284 cm³/mol. The van der Waals surface area contributed by atoms with Gasteiger partial charge in [-0.25, -0.2) is 0 Å². The van der Waals surface area contributed by atoms with E-state index in [1.165, 1.54) is 225 Å². The molecule has 0 bridgehead atoms. The molecule has 0 N–H and O–H groups in total. The Labute approximate surface area is 412 Å². The fraction of sp³-hybridized carbons (Fsp3) is 0.950. The maximum atomic E-state index is 12.9. The van der Waals surface area contributed by atoms with Gasteiger partial charge in [-0.3, -0.25) is 14.4 Å². The van der Waals surface area contributed by atoms with E-state index >= 15 is 0 Å². The number of esters is 3. The largest absolute Gasteiger partial charge is 0.462 e. The van der Waals surface area contributed by atoms with Crippen LogP contribution < -0.4 is 0 Å². The minimum atomic E-state index is -0.763. The Hall–Kier alpha value is -1.59. The number of ether oxygens (including phenoxy) is 3. The Morgan fingerprint density at radius 2 is 0.530 bits per heavy atom. The summed E-state index contributed by atoms with van der Waals surface area (Å²) in [7, 11) is 0. The fourth-order valence-electron chi connectivity index (χ4n) is 9.16. The monoisotopic (exact) mass is 933 g/mol. The van der Waals surface area contributed by atoms with Crippen LogP contribution in [0, 0.1) is 11.8 Å². The van der Waals surface area contributed by atoms with Gasteiger partial charge in [-0.15, -0.1) is 0 Å². The van der Waals surface area contributed by atoms with Gasteiger partial charge in [0.25, 0.3) is 0 Å². The Kier molecular flexibility index (Phi) is 51.5. The lowest BCUT2D eigenvalue weighted by Crippen LogP contribution is -2.30. The summed E-state index contributed by atoms with van der Waals surface area (Å²) in [4.78, 5) is 38.1. The number of unbranched alkanes of at least 4 members (excludes halogenated alkanes) is 37. The van der Waals surface area contributed by atoms with Crippen molar-refractivity contribution in [1.29, 1.82) is 0 Å². The smallest absolute Gasteiger partial charge is 0.306 e. The first kappa shape index (κ1) is 64.4. The van der Waals surface area contributed by atoms with Gasteiger partial charge < -0.3 is 14.2 Å². The van der Waals surface area contributed by atoms with Gasteiger partial charge in [-0.1, -0.05) is 298 Å². The molecule has 0 rings (SSSR count). The third-order valence-corrected chi connectivity index (χ3v) is 14.4. The topological polar surface area (TPSA) is 78.9 Å². The maximum absolute atomic E-state index is 12.9. The summed E-state index contributed by atoms with van der Waals surface area (Å²) in [5.41, 5.74) is 0. The van der Waals surface area contributed by atoms with E-state index in [-0.39, 0.29) is 31.1 Å². The number of hydrogen-bond acceptors (Lipinski definition) is 6. The Morgan fingerprint density at radius 1 is 0.303 bits per heavy atom. The molecule has 0 aliphatic rings. The first-order valence-electron chi connectivity index (χ1n) is 29.8. The van der Waals surface area contributed by atoms with Crippen molar-refractivity contribution in [2.45, 2.75) is 343 Å². The van der Waals surface area contributed by atoms with Gasteiger partial charge in [0.2, 0.25) is 0 Å². The van der Waals surface area contributed by atoms with E-state index in [0.29, 0.717) is 19.3 Å². The third kappa shape index (κ3) is 50.3. The van der Waals surface area contributed by atoms with Crippen LogP contribution in [-0.2, 0) is 28.6 Å². The molecular formula is C60H116O6. The van der Waals surface area contributed by atoms with Crippen molar-refractivity contribution in [3.8, 4) is 0 Å². The molecule has 0 radical (unpaired) electrons. The minimum Gasteiger partial charge on any atom is -0.462 e. The van der Waals surface area contributed by atoms with Crippen molar-refractivity contribution in [1.82, 2.24) is 0 Å². The second kappa shape index (κ2) is 52.8. The van der Waals surface area contributed by atoms with Gasteiger partial charge in [0.05, 0.1) is 0 Å². The zero-order valence-electron chi connectivity index (χ0n) is 45.3. The molecule has 0 saturated heterocycles. The molecule has 0 spiro atoms. The van der Waals surface area contributed by atoms with E-state index in [4.69, 9.17) is 14.2 Å². The van der Waals surface area contributed by atoms with Crippen molar-refractivity contribution in [3.05, 3.63) is 0 Å². The van der Waals surface area contributed by atoms with Gasteiger partial charge in [0.1, 0.15) is 13.2 Å². The summed E-state index contributed by atoms with van der Waals surface area (Å²) < 4.78 is 16.9. The highest BCUT2D eigenvalue weighted by molar-refractivity contribution is 5.71. The summed E-state index contributed by atoms with van der Waals surface area (Å²) in [5, 5.41) is 0. The van der Waals surface area contributed by atoms with E-state index in [1.807, 2.05) is 0 Å². The molecule has 66 heavy (non-hydrogen) atoms. The van der Waals surface area contributed by atoms with Crippen LogP contribution in [0.1, 0.15) is 336 Å². The normalized spacial score (nSPS) is 12.9. The lowest BCUT2D eigenvalue weighted by molar-refractivity contribution is -0.167. The first-order chi connectivity index (χ1) is 32.3. The number of hydrogen-bond donors (Lipinski definition) is 0. The van der Waals surface area contributed by atoms with E-state index in [2.05, 4.69) is 34.6 Å². The van der Waals surface area contributed by atoms with Crippen LogP contribution in [0.3, 0.4) is 0 Å². The standard InChI is InChI=1S/C60H116O6/c1-6-9-10-11-12-13-14-15-23-26-29-35-40-45-50-58(61)64-53-57(54-65-59(62)51-46-41-36-32-31-34-39-44-49-56(5)8-3)66-60(63)52-47-42-37-30-27-24-21-19-17-16-18-20-22-25-28-33-38-43-48-55(4)7-2/h55-57H,6-54H2,1-5H3/t55?,56?,57-/m0/s1. The van der Waals surface area contributed by atoms with E-state index in [0.717, 1.165) is 69.6 Å². The lowest BCUT2D eigenvalue weighted by Gasteiger charge is -2.18. The number of carbonyl (C=O) groups is 3.